The lowest BCUT2D eigenvalue weighted by molar-refractivity contribution is -0.143. The topological polar surface area (TPSA) is 32.3 Å². The highest BCUT2D eigenvalue weighted by Crippen LogP contribution is 2.43. The van der Waals surface area contributed by atoms with E-state index in [1.165, 1.54) is 19.3 Å². The summed E-state index contributed by atoms with van der Waals surface area (Å²) in [4.78, 5) is 15.1. The molecule has 0 aromatic carbocycles. The summed E-state index contributed by atoms with van der Waals surface area (Å²) in [7, 11) is 0. The number of rotatable bonds is 1. The molecule has 2 aliphatic heterocycles. The van der Waals surface area contributed by atoms with Crippen molar-refractivity contribution in [2.75, 3.05) is 13.1 Å². The average Bonchev–Trinajstić information content (AvgIpc) is 2.93. The smallest absolute Gasteiger partial charge is 0.229 e. The summed E-state index contributed by atoms with van der Waals surface area (Å²) < 4.78 is 0. The van der Waals surface area contributed by atoms with Crippen LogP contribution in [0, 0.1) is 11.3 Å². The van der Waals surface area contributed by atoms with E-state index in [1.807, 2.05) is 0 Å². The number of hydrogen-bond acceptors (Lipinski definition) is 2. The van der Waals surface area contributed by atoms with Crippen LogP contribution in [0.5, 0.6) is 0 Å². The molecule has 3 unspecified atom stereocenters. The van der Waals surface area contributed by atoms with Crippen molar-refractivity contribution >= 4 is 5.91 Å². The summed E-state index contributed by atoms with van der Waals surface area (Å²) in [6, 6.07) is 0.937. The normalized spacial score (nSPS) is 39.6. The van der Waals surface area contributed by atoms with Crippen LogP contribution in [0.2, 0.25) is 0 Å². The number of carbonyl (C=O) groups excluding carboxylic acids is 1. The van der Waals surface area contributed by atoms with Crippen molar-refractivity contribution in [1.82, 2.24) is 10.2 Å². The molecule has 0 radical (unpaired) electrons. The van der Waals surface area contributed by atoms with Crippen LogP contribution in [-0.4, -0.2) is 36.0 Å². The molecule has 3 rings (SSSR count). The van der Waals surface area contributed by atoms with Crippen molar-refractivity contribution in [2.24, 2.45) is 11.3 Å². The van der Waals surface area contributed by atoms with Gasteiger partial charge in [-0.1, -0.05) is 19.8 Å². The third kappa shape index (κ3) is 1.70. The summed E-state index contributed by atoms with van der Waals surface area (Å²) in [6.45, 7) is 6.53. The molecule has 96 valence electrons. The van der Waals surface area contributed by atoms with Crippen LogP contribution in [0.15, 0.2) is 0 Å². The standard InChI is InChI=1S/C14H24N2O/c1-10-7-11-8-15-9-12(11)16(10)13(17)14(2)5-3-4-6-14/h10-12,15H,3-9H2,1-2H3. The maximum atomic E-state index is 12.8. The zero-order chi connectivity index (χ0) is 12.0. The predicted octanol–water partition coefficient (Wildman–Crippen LogP) is 1.78. The van der Waals surface area contributed by atoms with Gasteiger partial charge in [0.25, 0.3) is 0 Å². The van der Waals surface area contributed by atoms with Gasteiger partial charge in [0.1, 0.15) is 0 Å². The minimum absolute atomic E-state index is 0.0499. The zero-order valence-corrected chi connectivity index (χ0v) is 11.0. The highest BCUT2D eigenvalue weighted by molar-refractivity contribution is 5.83. The van der Waals surface area contributed by atoms with Crippen LogP contribution in [-0.2, 0) is 4.79 Å². The van der Waals surface area contributed by atoms with Gasteiger partial charge in [0.2, 0.25) is 5.91 Å². The lowest BCUT2D eigenvalue weighted by atomic mass is 9.86. The first kappa shape index (κ1) is 11.5. The molecule has 1 amide bonds. The van der Waals surface area contributed by atoms with Gasteiger partial charge >= 0.3 is 0 Å². The van der Waals surface area contributed by atoms with E-state index in [1.54, 1.807) is 0 Å². The van der Waals surface area contributed by atoms with Crippen molar-refractivity contribution in [3.63, 3.8) is 0 Å². The van der Waals surface area contributed by atoms with Gasteiger partial charge in [0, 0.05) is 30.6 Å². The second kappa shape index (κ2) is 3.98. The van der Waals surface area contributed by atoms with Crippen LogP contribution in [0.25, 0.3) is 0 Å². The molecule has 0 bridgehead atoms. The second-order valence-corrected chi connectivity index (χ2v) is 6.55. The largest absolute Gasteiger partial charge is 0.335 e. The Hall–Kier alpha value is -0.570. The summed E-state index contributed by atoms with van der Waals surface area (Å²) >= 11 is 0. The van der Waals surface area contributed by atoms with Crippen molar-refractivity contribution in [1.29, 1.82) is 0 Å². The van der Waals surface area contributed by atoms with Crippen LogP contribution in [0.4, 0.5) is 0 Å². The SMILES string of the molecule is CC1CC2CNCC2N1C(=O)C1(C)CCCC1. The van der Waals surface area contributed by atoms with Gasteiger partial charge in [0.05, 0.1) is 0 Å². The Morgan fingerprint density at radius 2 is 2.00 bits per heavy atom. The summed E-state index contributed by atoms with van der Waals surface area (Å²) in [5.41, 5.74) is -0.0499. The monoisotopic (exact) mass is 236 g/mol. The maximum Gasteiger partial charge on any atom is 0.229 e. The predicted molar refractivity (Wildman–Crippen MR) is 67.6 cm³/mol. The van der Waals surface area contributed by atoms with E-state index in [-0.39, 0.29) is 5.41 Å². The molecular weight excluding hydrogens is 212 g/mol. The number of hydrogen-bond donors (Lipinski definition) is 1. The Morgan fingerprint density at radius 3 is 2.71 bits per heavy atom. The van der Waals surface area contributed by atoms with E-state index in [0.717, 1.165) is 25.9 Å². The fourth-order valence-electron chi connectivity index (χ4n) is 4.20. The lowest BCUT2D eigenvalue weighted by Crippen LogP contribution is -2.48. The number of fused-ring (bicyclic) bond motifs is 1. The molecule has 0 spiro atoms. The second-order valence-electron chi connectivity index (χ2n) is 6.55. The van der Waals surface area contributed by atoms with Gasteiger partial charge in [-0.25, -0.2) is 0 Å². The van der Waals surface area contributed by atoms with Gasteiger partial charge in [-0.3, -0.25) is 4.79 Å². The lowest BCUT2D eigenvalue weighted by Gasteiger charge is -2.35. The van der Waals surface area contributed by atoms with E-state index in [4.69, 9.17) is 0 Å². The fourth-order valence-corrected chi connectivity index (χ4v) is 4.20. The van der Waals surface area contributed by atoms with E-state index < -0.39 is 0 Å². The minimum atomic E-state index is -0.0499. The number of nitrogens with zero attached hydrogens (tertiary/aromatic N) is 1. The third-order valence-electron chi connectivity index (χ3n) is 5.24. The van der Waals surface area contributed by atoms with E-state index in [2.05, 4.69) is 24.1 Å². The molecule has 1 aliphatic carbocycles. The summed E-state index contributed by atoms with van der Waals surface area (Å²) in [5, 5.41) is 3.44. The van der Waals surface area contributed by atoms with Crippen molar-refractivity contribution in [3.8, 4) is 0 Å². The van der Waals surface area contributed by atoms with Gasteiger partial charge in [-0.05, 0) is 32.1 Å². The first-order valence-corrected chi connectivity index (χ1v) is 7.15. The maximum absolute atomic E-state index is 12.8. The first-order chi connectivity index (χ1) is 8.12. The average molecular weight is 236 g/mol. The van der Waals surface area contributed by atoms with Gasteiger partial charge in [0.15, 0.2) is 0 Å². The van der Waals surface area contributed by atoms with E-state index >= 15 is 0 Å². The number of amides is 1. The van der Waals surface area contributed by atoms with Crippen molar-refractivity contribution in [3.05, 3.63) is 0 Å². The van der Waals surface area contributed by atoms with Crippen LogP contribution >= 0.6 is 0 Å². The number of likely N-dealkylation sites (tertiary alicyclic amines) is 1. The van der Waals surface area contributed by atoms with Gasteiger partial charge in [-0.15, -0.1) is 0 Å². The molecule has 0 aromatic rings. The van der Waals surface area contributed by atoms with Crippen LogP contribution in [0.1, 0.15) is 46.0 Å². The Labute approximate surface area is 104 Å². The summed E-state index contributed by atoms with van der Waals surface area (Å²) in [6.07, 6.45) is 5.85. The molecule has 1 saturated carbocycles. The molecule has 3 atom stereocenters. The van der Waals surface area contributed by atoms with Crippen molar-refractivity contribution in [2.45, 2.75) is 58.0 Å². The molecule has 3 fully saturated rings. The molecule has 0 aromatic heterocycles. The van der Waals surface area contributed by atoms with Gasteiger partial charge in [-0.2, -0.15) is 0 Å². The molecule has 3 heteroatoms. The molecule has 2 saturated heterocycles. The van der Waals surface area contributed by atoms with Crippen LogP contribution in [0.3, 0.4) is 0 Å². The molecule has 17 heavy (non-hydrogen) atoms. The quantitative estimate of drug-likeness (QED) is 0.752. The highest BCUT2D eigenvalue weighted by Gasteiger charge is 2.49. The van der Waals surface area contributed by atoms with E-state index in [0.29, 0.717) is 23.9 Å². The minimum Gasteiger partial charge on any atom is -0.335 e. The number of carbonyl (C=O) groups is 1. The molecule has 1 N–H and O–H groups in total. The molecule has 3 nitrogen and oxygen atoms in total. The third-order valence-corrected chi connectivity index (χ3v) is 5.24. The van der Waals surface area contributed by atoms with Gasteiger partial charge < -0.3 is 10.2 Å². The molecule has 2 heterocycles. The fraction of sp³-hybridized carbons (Fsp3) is 0.929. The zero-order valence-electron chi connectivity index (χ0n) is 11.0. The van der Waals surface area contributed by atoms with Crippen molar-refractivity contribution < 1.29 is 4.79 Å². The van der Waals surface area contributed by atoms with E-state index in [9.17, 15) is 4.79 Å². The molecular formula is C14H24N2O. The number of nitrogens with one attached hydrogen (secondary N) is 1. The first-order valence-electron chi connectivity index (χ1n) is 7.15. The molecule has 3 aliphatic rings. The summed E-state index contributed by atoms with van der Waals surface area (Å²) in [5.74, 6) is 1.15. The van der Waals surface area contributed by atoms with Crippen LogP contribution < -0.4 is 5.32 Å². The Bertz CT molecular complexity index is 322. The Balaban J connectivity index is 1.80. The Morgan fingerprint density at radius 1 is 1.29 bits per heavy atom. The Kier molecular flexibility index (Phi) is 2.69. The highest BCUT2D eigenvalue weighted by atomic mass is 16.2.